The van der Waals surface area contributed by atoms with Crippen LogP contribution >= 0.6 is 11.8 Å². The third kappa shape index (κ3) is 5.92. The number of hydrogen-bond donors (Lipinski definition) is 2. The van der Waals surface area contributed by atoms with Gasteiger partial charge in [-0.25, -0.2) is 14.6 Å². The summed E-state index contributed by atoms with van der Waals surface area (Å²) in [5.74, 6) is -1.71. The summed E-state index contributed by atoms with van der Waals surface area (Å²) in [6, 6.07) is 11.1. The number of hydrogen-bond acceptors (Lipinski definition) is 7. The van der Waals surface area contributed by atoms with E-state index in [1.165, 1.54) is 28.8 Å². The molecule has 10 heteroatoms. The Bertz CT molecular complexity index is 1140. The second-order valence-electron chi connectivity index (χ2n) is 6.73. The topological polar surface area (TPSA) is 126 Å². The molecule has 1 aliphatic rings. The molecule has 1 amide bonds. The number of carbonyl (C=O) groups excluding carboxylic acids is 1. The SMILES string of the molecule is CCOc1cc(C=C2SC(=Nc3cccc(C(=O)O)c3)N(CC)C2=O)ccc1OCC(=O)O. The molecular weight excluding hydrogens is 448 g/mol. The summed E-state index contributed by atoms with van der Waals surface area (Å²) in [5, 5.41) is 18.5. The zero-order chi connectivity index (χ0) is 24.0. The first-order valence-electron chi connectivity index (χ1n) is 10.1. The number of amidine groups is 1. The molecule has 9 nitrogen and oxygen atoms in total. The van der Waals surface area contributed by atoms with E-state index in [2.05, 4.69) is 4.99 Å². The molecule has 1 saturated heterocycles. The summed E-state index contributed by atoms with van der Waals surface area (Å²) < 4.78 is 10.8. The highest BCUT2D eigenvalue weighted by Gasteiger charge is 2.32. The normalized spacial score (nSPS) is 15.8. The third-order valence-corrected chi connectivity index (χ3v) is 5.45. The van der Waals surface area contributed by atoms with Gasteiger partial charge in [-0.1, -0.05) is 12.1 Å². The molecule has 2 aromatic rings. The summed E-state index contributed by atoms with van der Waals surface area (Å²) in [6.45, 7) is 3.87. The van der Waals surface area contributed by atoms with Crippen LogP contribution in [0.25, 0.3) is 6.08 Å². The van der Waals surface area contributed by atoms with Crippen LogP contribution in [0.5, 0.6) is 11.5 Å². The summed E-state index contributed by atoms with van der Waals surface area (Å²) in [4.78, 5) is 41.3. The highest BCUT2D eigenvalue weighted by molar-refractivity contribution is 8.18. The fraction of sp³-hybridized carbons (Fsp3) is 0.217. The molecule has 33 heavy (non-hydrogen) atoms. The number of nitrogens with zero attached hydrogens (tertiary/aromatic N) is 2. The summed E-state index contributed by atoms with van der Waals surface area (Å²) in [5.41, 5.74) is 1.21. The Balaban J connectivity index is 1.90. The Morgan fingerprint density at radius 2 is 1.88 bits per heavy atom. The van der Waals surface area contributed by atoms with Gasteiger partial charge in [0.1, 0.15) is 0 Å². The number of likely N-dealkylation sites (N-methyl/N-ethyl adjacent to an activating group) is 1. The first-order valence-corrected chi connectivity index (χ1v) is 10.9. The van der Waals surface area contributed by atoms with E-state index >= 15 is 0 Å². The van der Waals surface area contributed by atoms with Gasteiger partial charge in [0.15, 0.2) is 23.3 Å². The summed E-state index contributed by atoms with van der Waals surface area (Å²) in [7, 11) is 0. The van der Waals surface area contributed by atoms with Gasteiger partial charge >= 0.3 is 11.9 Å². The fourth-order valence-electron chi connectivity index (χ4n) is 2.98. The van der Waals surface area contributed by atoms with Crippen LogP contribution in [0.3, 0.4) is 0 Å². The lowest BCUT2D eigenvalue weighted by atomic mass is 10.2. The van der Waals surface area contributed by atoms with Crippen LogP contribution in [0.1, 0.15) is 29.8 Å². The molecule has 0 saturated carbocycles. The number of carboxylic acids is 2. The molecule has 0 spiro atoms. The van der Waals surface area contributed by atoms with Gasteiger partial charge < -0.3 is 19.7 Å². The van der Waals surface area contributed by atoms with Crippen LogP contribution in [0.15, 0.2) is 52.4 Å². The Morgan fingerprint density at radius 1 is 1.09 bits per heavy atom. The van der Waals surface area contributed by atoms with Crippen LogP contribution in [-0.2, 0) is 9.59 Å². The first kappa shape index (κ1) is 23.9. The zero-order valence-electron chi connectivity index (χ0n) is 18.0. The Labute approximate surface area is 194 Å². The van der Waals surface area contributed by atoms with E-state index in [4.69, 9.17) is 14.6 Å². The highest BCUT2D eigenvalue weighted by Crippen LogP contribution is 2.36. The van der Waals surface area contributed by atoms with Crippen molar-refractivity contribution >= 4 is 46.5 Å². The van der Waals surface area contributed by atoms with E-state index in [1.807, 2.05) is 6.92 Å². The van der Waals surface area contributed by atoms with Crippen molar-refractivity contribution in [2.24, 2.45) is 4.99 Å². The van der Waals surface area contributed by atoms with Gasteiger partial charge in [-0.3, -0.25) is 9.69 Å². The van der Waals surface area contributed by atoms with Gasteiger partial charge in [-0.05, 0) is 67.6 Å². The van der Waals surface area contributed by atoms with Gasteiger partial charge in [0.25, 0.3) is 5.91 Å². The molecule has 2 N–H and O–H groups in total. The predicted octanol–water partition coefficient (Wildman–Crippen LogP) is 3.87. The number of benzene rings is 2. The van der Waals surface area contributed by atoms with E-state index in [1.54, 1.807) is 43.3 Å². The number of aromatic carboxylic acids is 1. The van der Waals surface area contributed by atoms with Crippen LogP contribution in [0.2, 0.25) is 0 Å². The van der Waals surface area contributed by atoms with Gasteiger partial charge in [-0.2, -0.15) is 0 Å². The maximum absolute atomic E-state index is 12.9. The lowest BCUT2D eigenvalue weighted by molar-refractivity contribution is -0.139. The quantitative estimate of drug-likeness (QED) is 0.529. The van der Waals surface area contributed by atoms with Crippen LogP contribution in [0.4, 0.5) is 5.69 Å². The number of amides is 1. The Hall–Kier alpha value is -3.79. The molecule has 1 heterocycles. The predicted molar refractivity (Wildman–Crippen MR) is 124 cm³/mol. The van der Waals surface area contributed by atoms with Crippen molar-refractivity contribution in [3.05, 3.63) is 58.5 Å². The van der Waals surface area contributed by atoms with E-state index < -0.39 is 18.5 Å². The number of aliphatic carboxylic acids is 1. The van der Waals surface area contributed by atoms with Crippen LogP contribution in [-0.4, -0.2) is 57.9 Å². The zero-order valence-corrected chi connectivity index (χ0v) is 18.8. The standard InChI is InChI=1S/C23H22N2O7S/c1-3-25-21(28)19(33-23(25)24-16-7-5-6-15(12-16)22(29)30)11-14-8-9-17(32-13-20(26)27)18(10-14)31-4-2/h5-12H,3-4,13H2,1-2H3,(H,26,27)(H,29,30). The molecule has 0 radical (unpaired) electrons. The molecule has 0 aromatic heterocycles. The van der Waals surface area contributed by atoms with E-state index in [0.29, 0.717) is 46.0 Å². The third-order valence-electron chi connectivity index (χ3n) is 4.44. The van der Waals surface area contributed by atoms with Crippen molar-refractivity contribution in [1.82, 2.24) is 4.90 Å². The molecule has 1 aliphatic heterocycles. The number of carboxylic acid groups (broad SMARTS) is 2. The minimum Gasteiger partial charge on any atom is -0.490 e. The number of carbonyl (C=O) groups is 3. The Morgan fingerprint density at radius 3 is 2.55 bits per heavy atom. The smallest absolute Gasteiger partial charge is 0.341 e. The van der Waals surface area contributed by atoms with Crippen molar-refractivity contribution in [2.45, 2.75) is 13.8 Å². The molecule has 0 atom stereocenters. The fourth-order valence-corrected chi connectivity index (χ4v) is 4.04. The highest BCUT2D eigenvalue weighted by atomic mass is 32.2. The van der Waals surface area contributed by atoms with E-state index in [0.717, 1.165) is 0 Å². The minimum atomic E-state index is -1.10. The number of aliphatic imine (C=N–C) groups is 1. The van der Waals surface area contributed by atoms with E-state index in [-0.39, 0.29) is 11.5 Å². The van der Waals surface area contributed by atoms with Crippen molar-refractivity contribution in [2.75, 3.05) is 19.8 Å². The van der Waals surface area contributed by atoms with Gasteiger partial charge in [0, 0.05) is 6.54 Å². The molecular formula is C23H22N2O7S. The number of thioether (sulfide) groups is 1. The number of ether oxygens (including phenoxy) is 2. The summed E-state index contributed by atoms with van der Waals surface area (Å²) >= 11 is 1.18. The number of rotatable bonds is 9. The lowest BCUT2D eigenvalue weighted by Gasteiger charge is -2.12. The largest absolute Gasteiger partial charge is 0.490 e. The van der Waals surface area contributed by atoms with E-state index in [9.17, 15) is 19.5 Å². The molecule has 0 aliphatic carbocycles. The van der Waals surface area contributed by atoms with Crippen molar-refractivity contribution in [1.29, 1.82) is 0 Å². The first-order chi connectivity index (χ1) is 15.8. The van der Waals surface area contributed by atoms with Gasteiger partial charge in [0.05, 0.1) is 22.8 Å². The van der Waals surface area contributed by atoms with Crippen LogP contribution < -0.4 is 9.47 Å². The average Bonchev–Trinajstić information content (AvgIpc) is 3.07. The molecule has 3 rings (SSSR count). The van der Waals surface area contributed by atoms with Crippen molar-refractivity contribution in [3.63, 3.8) is 0 Å². The molecule has 0 unspecified atom stereocenters. The second kappa shape index (κ2) is 10.7. The van der Waals surface area contributed by atoms with Gasteiger partial charge in [0.2, 0.25) is 0 Å². The molecule has 0 bridgehead atoms. The maximum atomic E-state index is 12.9. The monoisotopic (exact) mass is 470 g/mol. The maximum Gasteiger partial charge on any atom is 0.341 e. The average molecular weight is 471 g/mol. The summed E-state index contributed by atoms with van der Waals surface area (Å²) in [6.07, 6.45) is 1.69. The molecule has 172 valence electrons. The van der Waals surface area contributed by atoms with Crippen LogP contribution in [0, 0.1) is 0 Å². The minimum absolute atomic E-state index is 0.110. The molecule has 1 fully saturated rings. The Kier molecular flexibility index (Phi) is 7.73. The lowest BCUT2D eigenvalue weighted by Crippen LogP contribution is -2.28. The second-order valence-corrected chi connectivity index (χ2v) is 7.74. The van der Waals surface area contributed by atoms with Gasteiger partial charge in [-0.15, -0.1) is 0 Å². The molecule has 2 aromatic carbocycles. The van der Waals surface area contributed by atoms with Crippen molar-refractivity contribution in [3.8, 4) is 11.5 Å². The van der Waals surface area contributed by atoms with Crippen molar-refractivity contribution < 1.29 is 34.1 Å².